The second kappa shape index (κ2) is 8.07. The Morgan fingerprint density at radius 2 is 1.81 bits per heavy atom. The molecular weight excluding hydrogens is 326 g/mol. The van der Waals surface area contributed by atoms with Crippen LogP contribution < -0.4 is 5.32 Å². The molecule has 1 heterocycles. The lowest BCUT2D eigenvalue weighted by Gasteiger charge is -2.05. The first-order valence-corrected chi connectivity index (χ1v) is 8.25. The number of carbonyl (C=O) groups is 2. The van der Waals surface area contributed by atoms with Gasteiger partial charge in [0.2, 0.25) is 11.7 Å². The highest BCUT2D eigenvalue weighted by Crippen LogP contribution is 2.10. The molecule has 0 aliphatic rings. The fourth-order valence-electron chi connectivity index (χ4n) is 2.51. The number of nitrogens with zero attached hydrogens (tertiary/aromatic N) is 2. The molecule has 0 fully saturated rings. The van der Waals surface area contributed by atoms with Gasteiger partial charge in [-0.3, -0.25) is 9.59 Å². The van der Waals surface area contributed by atoms with Gasteiger partial charge >= 0.3 is 0 Å². The summed E-state index contributed by atoms with van der Waals surface area (Å²) in [6, 6.07) is 16.9. The van der Waals surface area contributed by atoms with Crippen molar-refractivity contribution in [1.29, 1.82) is 0 Å². The van der Waals surface area contributed by atoms with Crippen LogP contribution in [0.25, 0.3) is 6.08 Å². The van der Waals surface area contributed by atoms with Crippen molar-refractivity contribution in [2.75, 3.05) is 5.32 Å². The van der Waals surface area contributed by atoms with Gasteiger partial charge in [-0.15, -0.1) is 0 Å². The van der Waals surface area contributed by atoms with Gasteiger partial charge in [0, 0.05) is 25.1 Å². The number of rotatable bonds is 6. The zero-order valence-electron chi connectivity index (χ0n) is 14.4. The fraction of sp³-hybridized carbons (Fsp3) is 0.0952. The fourth-order valence-corrected chi connectivity index (χ4v) is 2.51. The Morgan fingerprint density at radius 1 is 1.08 bits per heavy atom. The van der Waals surface area contributed by atoms with E-state index in [0.717, 1.165) is 16.8 Å². The quantitative estimate of drug-likeness (QED) is 0.549. The van der Waals surface area contributed by atoms with E-state index in [0.29, 0.717) is 12.2 Å². The van der Waals surface area contributed by atoms with Crippen molar-refractivity contribution in [3.05, 3.63) is 90.0 Å². The van der Waals surface area contributed by atoms with Gasteiger partial charge in [0.25, 0.3) is 0 Å². The van der Waals surface area contributed by atoms with Gasteiger partial charge < -0.3 is 9.88 Å². The molecule has 0 aliphatic heterocycles. The average Bonchev–Trinajstić information content (AvgIpc) is 3.08. The standard InChI is InChI=1S/C21H19N3O2/c1-24-14-13-22-21(24)19(25)12-11-16-7-9-17(10-8-16)15-20(26)23-18-5-3-2-4-6-18/h2-14H,15H2,1H3,(H,23,26). The molecule has 0 aliphatic carbocycles. The Labute approximate surface area is 152 Å². The maximum atomic E-state index is 12.1. The maximum Gasteiger partial charge on any atom is 0.228 e. The Kier molecular flexibility index (Phi) is 5.39. The highest BCUT2D eigenvalue weighted by Gasteiger charge is 2.07. The van der Waals surface area contributed by atoms with Gasteiger partial charge in [-0.05, 0) is 29.3 Å². The van der Waals surface area contributed by atoms with Crippen LogP contribution in [0.3, 0.4) is 0 Å². The summed E-state index contributed by atoms with van der Waals surface area (Å²) >= 11 is 0. The topological polar surface area (TPSA) is 64.0 Å². The van der Waals surface area contributed by atoms with E-state index < -0.39 is 0 Å². The van der Waals surface area contributed by atoms with Crippen LogP contribution in [0.1, 0.15) is 21.7 Å². The highest BCUT2D eigenvalue weighted by molar-refractivity contribution is 6.04. The number of nitrogens with one attached hydrogen (secondary N) is 1. The van der Waals surface area contributed by atoms with Crippen molar-refractivity contribution in [3.8, 4) is 0 Å². The van der Waals surface area contributed by atoms with Crippen molar-refractivity contribution >= 4 is 23.5 Å². The van der Waals surface area contributed by atoms with Crippen LogP contribution >= 0.6 is 0 Å². The monoisotopic (exact) mass is 345 g/mol. The van der Waals surface area contributed by atoms with Crippen LogP contribution in [0.2, 0.25) is 0 Å². The molecule has 0 saturated heterocycles. The lowest BCUT2D eigenvalue weighted by molar-refractivity contribution is -0.115. The molecule has 3 rings (SSSR count). The minimum atomic E-state index is -0.149. The number of para-hydroxylation sites is 1. The number of allylic oxidation sites excluding steroid dienone is 1. The van der Waals surface area contributed by atoms with Crippen molar-refractivity contribution in [2.24, 2.45) is 7.05 Å². The van der Waals surface area contributed by atoms with Gasteiger partial charge in [-0.25, -0.2) is 4.98 Å². The van der Waals surface area contributed by atoms with Crippen LogP contribution in [0.15, 0.2) is 73.1 Å². The highest BCUT2D eigenvalue weighted by atomic mass is 16.1. The van der Waals surface area contributed by atoms with Crippen LogP contribution in [0, 0.1) is 0 Å². The van der Waals surface area contributed by atoms with E-state index in [9.17, 15) is 9.59 Å². The van der Waals surface area contributed by atoms with Crippen molar-refractivity contribution < 1.29 is 9.59 Å². The van der Waals surface area contributed by atoms with Gasteiger partial charge in [0.15, 0.2) is 5.82 Å². The number of ketones is 1. The summed E-state index contributed by atoms with van der Waals surface area (Å²) in [6.07, 6.45) is 6.86. The van der Waals surface area contributed by atoms with E-state index in [-0.39, 0.29) is 11.7 Å². The predicted octanol–water partition coefficient (Wildman–Crippen LogP) is 3.50. The molecule has 1 aromatic heterocycles. The minimum absolute atomic E-state index is 0.0653. The molecule has 1 amide bonds. The van der Waals surface area contributed by atoms with E-state index in [1.807, 2.05) is 54.6 Å². The molecule has 0 spiro atoms. The maximum absolute atomic E-state index is 12.1. The molecule has 0 saturated carbocycles. The third-order valence-electron chi connectivity index (χ3n) is 3.87. The summed E-state index contributed by atoms with van der Waals surface area (Å²) < 4.78 is 1.68. The molecule has 26 heavy (non-hydrogen) atoms. The third kappa shape index (κ3) is 4.54. The Hall–Kier alpha value is -3.47. The summed E-state index contributed by atoms with van der Waals surface area (Å²) in [5, 5.41) is 2.86. The van der Waals surface area contributed by atoms with Gasteiger partial charge in [0.05, 0.1) is 6.42 Å². The van der Waals surface area contributed by atoms with Crippen molar-refractivity contribution in [3.63, 3.8) is 0 Å². The Balaban J connectivity index is 1.58. The number of hydrogen-bond acceptors (Lipinski definition) is 3. The molecule has 5 heteroatoms. The van der Waals surface area contributed by atoms with Gasteiger partial charge in [0.1, 0.15) is 0 Å². The van der Waals surface area contributed by atoms with Gasteiger partial charge in [-0.1, -0.05) is 48.5 Å². The number of carbonyl (C=O) groups excluding carboxylic acids is 2. The lowest BCUT2D eigenvalue weighted by Crippen LogP contribution is -2.14. The number of amides is 1. The summed E-state index contributed by atoms with van der Waals surface area (Å²) in [6.45, 7) is 0. The number of aryl methyl sites for hydroxylation is 1. The predicted molar refractivity (Wildman–Crippen MR) is 102 cm³/mol. The number of aromatic nitrogens is 2. The second-order valence-electron chi connectivity index (χ2n) is 5.89. The summed E-state index contributed by atoms with van der Waals surface area (Å²) in [7, 11) is 1.78. The van der Waals surface area contributed by atoms with E-state index >= 15 is 0 Å². The number of hydrogen-bond donors (Lipinski definition) is 1. The van der Waals surface area contributed by atoms with E-state index in [2.05, 4.69) is 10.3 Å². The number of benzene rings is 2. The van der Waals surface area contributed by atoms with Gasteiger partial charge in [-0.2, -0.15) is 0 Å². The molecule has 2 aromatic carbocycles. The molecule has 5 nitrogen and oxygen atoms in total. The van der Waals surface area contributed by atoms with Crippen LogP contribution in [0.5, 0.6) is 0 Å². The summed E-state index contributed by atoms with van der Waals surface area (Å²) in [5.74, 6) is 0.184. The first kappa shape index (κ1) is 17.4. The Morgan fingerprint density at radius 3 is 2.46 bits per heavy atom. The summed E-state index contributed by atoms with van der Waals surface area (Å²) in [4.78, 5) is 28.2. The smallest absolute Gasteiger partial charge is 0.228 e. The molecule has 0 unspecified atom stereocenters. The molecule has 130 valence electrons. The van der Waals surface area contributed by atoms with E-state index in [4.69, 9.17) is 0 Å². The van der Waals surface area contributed by atoms with Crippen LogP contribution in [-0.2, 0) is 18.3 Å². The number of imidazole rings is 1. The molecule has 3 aromatic rings. The third-order valence-corrected chi connectivity index (χ3v) is 3.87. The van der Waals surface area contributed by atoms with Crippen LogP contribution in [-0.4, -0.2) is 21.2 Å². The van der Waals surface area contributed by atoms with Crippen LogP contribution in [0.4, 0.5) is 5.69 Å². The average molecular weight is 345 g/mol. The molecule has 1 N–H and O–H groups in total. The normalized spacial score (nSPS) is 10.8. The first-order chi connectivity index (χ1) is 12.6. The molecular formula is C21H19N3O2. The van der Waals surface area contributed by atoms with Crippen molar-refractivity contribution in [2.45, 2.75) is 6.42 Å². The van der Waals surface area contributed by atoms with Crippen molar-refractivity contribution in [1.82, 2.24) is 9.55 Å². The summed E-state index contributed by atoms with van der Waals surface area (Å²) in [5.41, 5.74) is 2.58. The second-order valence-corrected chi connectivity index (χ2v) is 5.89. The molecule has 0 bridgehead atoms. The zero-order chi connectivity index (χ0) is 18.4. The minimum Gasteiger partial charge on any atom is -0.331 e. The van der Waals surface area contributed by atoms with E-state index in [1.165, 1.54) is 6.08 Å². The largest absolute Gasteiger partial charge is 0.331 e. The number of anilines is 1. The first-order valence-electron chi connectivity index (χ1n) is 8.25. The molecule has 0 atom stereocenters. The SMILES string of the molecule is Cn1ccnc1C(=O)C=Cc1ccc(CC(=O)Nc2ccccc2)cc1. The molecule has 0 radical (unpaired) electrons. The lowest BCUT2D eigenvalue weighted by atomic mass is 10.1. The van der Waals surface area contributed by atoms with E-state index in [1.54, 1.807) is 30.1 Å². The Bertz CT molecular complexity index is 925. The zero-order valence-corrected chi connectivity index (χ0v) is 14.4.